The summed E-state index contributed by atoms with van der Waals surface area (Å²) < 4.78 is 22.1. The first-order chi connectivity index (χ1) is 9.26. The predicted octanol–water partition coefficient (Wildman–Crippen LogP) is 1.73. The SMILES string of the molecule is CC(COCC1CO1)(OCC1CO1)c1ccccc1. The molecule has 0 aromatic heterocycles. The molecule has 0 amide bonds. The van der Waals surface area contributed by atoms with Gasteiger partial charge in [0.1, 0.15) is 17.8 Å². The maximum absolute atomic E-state index is 6.05. The first-order valence-electron chi connectivity index (χ1n) is 6.77. The molecule has 104 valence electrons. The summed E-state index contributed by atoms with van der Waals surface area (Å²) in [4.78, 5) is 0. The van der Waals surface area contributed by atoms with Gasteiger partial charge in [-0.15, -0.1) is 0 Å². The van der Waals surface area contributed by atoms with Gasteiger partial charge in [-0.3, -0.25) is 0 Å². The van der Waals surface area contributed by atoms with E-state index in [-0.39, 0.29) is 12.2 Å². The van der Waals surface area contributed by atoms with Crippen molar-refractivity contribution in [3.8, 4) is 0 Å². The summed E-state index contributed by atoms with van der Waals surface area (Å²) in [5.41, 5.74) is 0.703. The van der Waals surface area contributed by atoms with Crippen molar-refractivity contribution >= 4 is 0 Å². The molecular weight excluding hydrogens is 244 g/mol. The van der Waals surface area contributed by atoms with Crippen LogP contribution in [0.4, 0.5) is 0 Å². The number of rotatable bonds is 8. The summed E-state index contributed by atoms with van der Waals surface area (Å²) in [6.07, 6.45) is 0.543. The topological polar surface area (TPSA) is 43.5 Å². The summed E-state index contributed by atoms with van der Waals surface area (Å²) in [7, 11) is 0. The van der Waals surface area contributed by atoms with Gasteiger partial charge in [-0.2, -0.15) is 0 Å². The minimum Gasteiger partial charge on any atom is -0.375 e. The fourth-order valence-corrected chi connectivity index (χ4v) is 1.99. The van der Waals surface area contributed by atoms with E-state index in [1.807, 2.05) is 18.2 Å². The van der Waals surface area contributed by atoms with E-state index in [0.29, 0.717) is 19.8 Å². The number of hydrogen-bond donors (Lipinski definition) is 0. The van der Waals surface area contributed by atoms with Gasteiger partial charge in [-0.1, -0.05) is 30.3 Å². The van der Waals surface area contributed by atoms with Gasteiger partial charge in [0, 0.05) is 0 Å². The Morgan fingerprint density at radius 3 is 2.37 bits per heavy atom. The highest BCUT2D eigenvalue weighted by atomic mass is 16.6. The lowest BCUT2D eigenvalue weighted by molar-refractivity contribution is -0.0970. The lowest BCUT2D eigenvalue weighted by atomic mass is 9.96. The quantitative estimate of drug-likeness (QED) is 0.671. The molecule has 2 aliphatic rings. The predicted molar refractivity (Wildman–Crippen MR) is 70.0 cm³/mol. The van der Waals surface area contributed by atoms with Crippen LogP contribution in [0, 0.1) is 0 Å². The van der Waals surface area contributed by atoms with Gasteiger partial charge in [0.2, 0.25) is 0 Å². The molecule has 4 heteroatoms. The van der Waals surface area contributed by atoms with Crippen LogP contribution in [0.3, 0.4) is 0 Å². The lowest BCUT2D eigenvalue weighted by Gasteiger charge is -2.30. The van der Waals surface area contributed by atoms with Crippen molar-refractivity contribution in [2.45, 2.75) is 24.7 Å². The van der Waals surface area contributed by atoms with E-state index in [1.165, 1.54) is 0 Å². The highest BCUT2D eigenvalue weighted by molar-refractivity contribution is 5.22. The fourth-order valence-electron chi connectivity index (χ4n) is 1.99. The van der Waals surface area contributed by atoms with E-state index in [4.69, 9.17) is 18.9 Å². The Labute approximate surface area is 113 Å². The van der Waals surface area contributed by atoms with E-state index in [1.54, 1.807) is 0 Å². The molecule has 2 heterocycles. The highest BCUT2D eigenvalue weighted by Crippen LogP contribution is 2.28. The maximum Gasteiger partial charge on any atom is 0.114 e. The molecule has 0 spiro atoms. The average molecular weight is 264 g/mol. The Morgan fingerprint density at radius 2 is 1.74 bits per heavy atom. The molecule has 3 atom stereocenters. The van der Waals surface area contributed by atoms with Gasteiger partial charge >= 0.3 is 0 Å². The van der Waals surface area contributed by atoms with E-state index in [2.05, 4.69) is 19.1 Å². The molecule has 0 saturated carbocycles. The monoisotopic (exact) mass is 264 g/mol. The van der Waals surface area contributed by atoms with Crippen LogP contribution in [0.1, 0.15) is 12.5 Å². The van der Waals surface area contributed by atoms with Crippen LogP contribution in [-0.4, -0.2) is 45.2 Å². The van der Waals surface area contributed by atoms with Crippen molar-refractivity contribution in [3.63, 3.8) is 0 Å². The van der Waals surface area contributed by atoms with E-state index >= 15 is 0 Å². The van der Waals surface area contributed by atoms with Crippen molar-refractivity contribution in [1.82, 2.24) is 0 Å². The van der Waals surface area contributed by atoms with Gasteiger partial charge < -0.3 is 18.9 Å². The number of ether oxygens (including phenoxy) is 4. The summed E-state index contributed by atoms with van der Waals surface area (Å²) >= 11 is 0. The van der Waals surface area contributed by atoms with Gasteiger partial charge in [0.15, 0.2) is 0 Å². The van der Waals surface area contributed by atoms with Crippen molar-refractivity contribution in [3.05, 3.63) is 35.9 Å². The van der Waals surface area contributed by atoms with Crippen LogP contribution in [0.2, 0.25) is 0 Å². The van der Waals surface area contributed by atoms with Crippen molar-refractivity contribution < 1.29 is 18.9 Å². The number of epoxide rings is 2. The molecule has 4 nitrogen and oxygen atoms in total. The summed E-state index contributed by atoms with van der Waals surface area (Å²) in [5.74, 6) is 0. The zero-order chi connectivity index (χ0) is 13.1. The van der Waals surface area contributed by atoms with Crippen LogP contribution in [0.5, 0.6) is 0 Å². The van der Waals surface area contributed by atoms with Gasteiger partial charge in [-0.25, -0.2) is 0 Å². The lowest BCUT2D eigenvalue weighted by Crippen LogP contribution is -2.33. The molecule has 0 aliphatic carbocycles. The first-order valence-corrected chi connectivity index (χ1v) is 6.77. The molecule has 0 N–H and O–H groups in total. The van der Waals surface area contributed by atoms with Crippen molar-refractivity contribution in [2.75, 3.05) is 33.0 Å². The second-order valence-corrected chi connectivity index (χ2v) is 5.33. The van der Waals surface area contributed by atoms with Gasteiger partial charge in [-0.05, 0) is 12.5 Å². The van der Waals surface area contributed by atoms with Crippen LogP contribution in [-0.2, 0) is 24.5 Å². The minimum atomic E-state index is -0.428. The van der Waals surface area contributed by atoms with E-state index in [9.17, 15) is 0 Å². The van der Waals surface area contributed by atoms with E-state index < -0.39 is 5.60 Å². The number of benzene rings is 1. The zero-order valence-corrected chi connectivity index (χ0v) is 11.2. The molecule has 1 aromatic carbocycles. The third-order valence-electron chi connectivity index (χ3n) is 3.46. The molecule has 0 radical (unpaired) electrons. The second-order valence-electron chi connectivity index (χ2n) is 5.33. The molecule has 2 fully saturated rings. The molecular formula is C15H20O4. The van der Waals surface area contributed by atoms with Crippen molar-refractivity contribution in [1.29, 1.82) is 0 Å². The zero-order valence-electron chi connectivity index (χ0n) is 11.2. The molecule has 0 bridgehead atoms. The summed E-state index contributed by atoms with van der Waals surface area (Å²) in [5, 5.41) is 0. The van der Waals surface area contributed by atoms with Crippen LogP contribution in [0.15, 0.2) is 30.3 Å². The Hall–Kier alpha value is -0.940. The third-order valence-corrected chi connectivity index (χ3v) is 3.46. The Balaban J connectivity index is 1.61. The highest BCUT2D eigenvalue weighted by Gasteiger charge is 2.33. The standard InChI is InChI=1S/C15H20O4/c1-15(19-10-14-9-18-14,11-16-7-13-8-17-13)12-5-3-2-4-6-12/h2-6,13-14H,7-11H2,1H3. The van der Waals surface area contributed by atoms with Gasteiger partial charge in [0.05, 0.1) is 33.0 Å². The Bertz CT molecular complexity index is 400. The molecule has 3 rings (SSSR count). The largest absolute Gasteiger partial charge is 0.375 e. The maximum atomic E-state index is 6.05. The molecule has 3 unspecified atom stereocenters. The minimum absolute atomic E-state index is 0.259. The smallest absolute Gasteiger partial charge is 0.114 e. The van der Waals surface area contributed by atoms with Crippen molar-refractivity contribution in [2.24, 2.45) is 0 Å². The summed E-state index contributed by atoms with van der Waals surface area (Å²) in [6, 6.07) is 10.2. The third kappa shape index (κ3) is 3.76. The first kappa shape index (κ1) is 13.1. The van der Waals surface area contributed by atoms with E-state index in [0.717, 1.165) is 18.8 Å². The molecule has 2 saturated heterocycles. The molecule has 2 aliphatic heterocycles. The van der Waals surface area contributed by atoms with Crippen LogP contribution < -0.4 is 0 Å². The molecule has 1 aromatic rings. The summed E-state index contributed by atoms with van der Waals surface area (Å²) in [6.45, 7) is 5.49. The normalized spacial score (nSPS) is 27.8. The number of hydrogen-bond acceptors (Lipinski definition) is 4. The van der Waals surface area contributed by atoms with Gasteiger partial charge in [0.25, 0.3) is 0 Å². The van der Waals surface area contributed by atoms with Crippen LogP contribution in [0.25, 0.3) is 0 Å². The van der Waals surface area contributed by atoms with Crippen LogP contribution >= 0.6 is 0 Å². The fraction of sp³-hybridized carbons (Fsp3) is 0.600. The second kappa shape index (κ2) is 5.59. The molecule has 19 heavy (non-hydrogen) atoms. The Morgan fingerprint density at radius 1 is 1.11 bits per heavy atom. The average Bonchev–Trinajstić information content (AvgIpc) is 3.31. The Kier molecular flexibility index (Phi) is 3.84.